The number of piperidine rings is 1. The highest BCUT2D eigenvalue weighted by atomic mass is 16.5. The van der Waals surface area contributed by atoms with Crippen molar-refractivity contribution < 1.29 is 14.3 Å². The summed E-state index contributed by atoms with van der Waals surface area (Å²) in [5.74, 6) is 0. The number of alkyl carbamates (subject to hydrolysis) is 1. The van der Waals surface area contributed by atoms with Crippen molar-refractivity contribution in [3.8, 4) is 0 Å². The number of hydrogen-bond donors (Lipinski definition) is 2. The Bertz CT molecular complexity index is 499. The Morgan fingerprint density at radius 3 is 2.57 bits per heavy atom. The second-order valence-electron chi connectivity index (χ2n) is 5.70. The molecule has 1 aliphatic heterocycles. The zero-order valence-electron chi connectivity index (χ0n) is 13.6. The van der Waals surface area contributed by atoms with Crippen molar-refractivity contribution in [3.05, 3.63) is 35.9 Å². The minimum absolute atomic E-state index is 0.0167. The molecule has 0 spiro atoms. The number of nitrogens with zero attached hydrogens (tertiary/aromatic N) is 1. The molecule has 126 valence electrons. The lowest BCUT2D eigenvalue weighted by molar-refractivity contribution is 0.128. The molecule has 2 rings (SSSR count). The molecule has 6 nitrogen and oxygen atoms in total. The van der Waals surface area contributed by atoms with Crippen molar-refractivity contribution >= 4 is 12.1 Å². The van der Waals surface area contributed by atoms with Crippen LogP contribution in [0.3, 0.4) is 0 Å². The molecule has 1 aliphatic rings. The maximum absolute atomic E-state index is 11.8. The molecule has 0 atom stereocenters. The number of likely N-dealkylation sites (tertiary alicyclic amines) is 1. The van der Waals surface area contributed by atoms with Crippen LogP contribution in [-0.2, 0) is 11.3 Å². The molecule has 1 fully saturated rings. The van der Waals surface area contributed by atoms with Crippen molar-refractivity contribution in [2.24, 2.45) is 0 Å². The van der Waals surface area contributed by atoms with Gasteiger partial charge in [0.15, 0.2) is 0 Å². The van der Waals surface area contributed by atoms with E-state index in [1.165, 1.54) is 0 Å². The van der Waals surface area contributed by atoms with Crippen molar-refractivity contribution in [3.63, 3.8) is 0 Å². The molecule has 6 heteroatoms. The van der Waals surface area contributed by atoms with Crippen LogP contribution in [0.5, 0.6) is 0 Å². The molecular weight excluding hydrogens is 294 g/mol. The van der Waals surface area contributed by atoms with E-state index in [0.717, 1.165) is 24.8 Å². The van der Waals surface area contributed by atoms with Gasteiger partial charge in [-0.2, -0.15) is 0 Å². The van der Waals surface area contributed by atoms with Gasteiger partial charge in [0.05, 0.1) is 0 Å². The number of nitrogens with one attached hydrogen (secondary N) is 2. The third-order valence-electron chi connectivity index (χ3n) is 3.84. The topological polar surface area (TPSA) is 70.7 Å². The molecule has 1 saturated heterocycles. The molecule has 3 amide bonds. The summed E-state index contributed by atoms with van der Waals surface area (Å²) in [7, 11) is 0. The van der Waals surface area contributed by atoms with Crippen LogP contribution in [0.1, 0.15) is 31.7 Å². The average Bonchev–Trinajstić information content (AvgIpc) is 2.59. The summed E-state index contributed by atoms with van der Waals surface area (Å²) in [6.45, 7) is 4.30. The highest BCUT2D eigenvalue weighted by molar-refractivity contribution is 5.74. The smallest absolute Gasteiger partial charge is 0.407 e. The number of amides is 3. The van der Waals surface area contributed by atoms with E-state index < -0.39 is 6.09 Å². The highest BCUT2D eigenvalue weighted by Gasteiger charge is 2.23. The first-order valence-corrected chi connectivity index (χ1v) is 8.19. The molecule has 0 unspecified atom stereocenters. The van der Waals surface area contributed by atoms with Crippen LogP contribution in [0.2, 0.25) is 0 Å². The standard InChI is InChI=1S/C17H25N3O3/c1-2-10-18-16(21)20-11-8-15(9-12-20)19-17(22)23-13-14-6-4-3-5-7-14/h3-7,15H,2,8-13H2,1H3,(H,18,21)(H,19,22). The minimum Gasteiger partial charge on any atom is -0.445 e. The van der Waals surface area contributed by atoms with E-state index in [4.69, 9.17) is 4.74 Å². The SMILES string of the molecule is CCCNC(=O)N1CCC(NC(=O)OCc2ccccc2)CC1. The summed E-state index contributed by atoms with van der Waals surface area (Å²) in [5, 5.41) is 5.74. The van der Waals surface area contributed by atoms with Crippen LogP contribution in [-0.4, -0.2) is 42.7 Å². The van der Waals surface area contributed by atoms with E-state index in [1.807, 2.05) is 37.3 Å². The Balaban J connectivity index is 1.65. The summed E-state index contributed by atoms with van der Waals surface area (Å²) in [5.41, 5.74) is 0.963. The van der Waals surface area contributed by atoms with E-state index in [9.17, 15) is 9.59 Å². The van der Waals surface area contributed by atoms with Gasteiger partial charge in [-0.1, -0.05) is 37.3 Å². The van der Waals surface area contributed by atoms with Gasteiger partial charge in [-0.15, -0.1) is 0 Å². The van der Waals surface area contributed by atoms with E-state index in [0.29, 0.717) is 19.6 Å². The van der Waals surface area contributed by atoms with Crippen LogP contribution < -0.4 is 10.6 Å². The molecule has 0 saturated carbocycles. The Morgan fingerprint density at radius 1 is 1.22 bits per heavy atom. The number of ether oxygens (including phenoxy) is 1. The summed E-state index contributed by atoms with van der Waals surface area (Å²) in [6.07, 6.45) is 2.03. The van der Waals surface area contributed by atoms with Gasteiger partial charge >= 0.3 is 12.1 Å². The van der Waals surface area contributed by atoms with Gasteiger partial charge in [0, 0.05) is 25.7 Å². The quantitative estimate of drug-likeness (QED) is 0.876. The first-order valence-electron chi connectivity index (χ1n) is 8.19. The summed E-state index contributed by atoms with van der Waals surface area (Å²) >= 11 is 0. The average molecular weight is 319 g/mol. The molecular formula is C17H25N3O3. The largest absolute Gasteiger partial charge is 0.445 e. The highest BCUT2D eigenvalue weighted by Crippen LogP contribution is 2.11. The van der Waals surface area contributed by atoms with Crippen molar-refractivity contribution in [1.82, 2.24) is 15.5 Å². The van der Waals surface area contributed by atoms with E-state index in [-0.39, 0.29) is 18.7 Å². The van der Waals surface area contributed by atoms with Gasteiger partial charge in [0.25, 0.3) is 0 Å². The van der Waals surface area contributed by atoms with Gasteiger partial charge in [0.2, 0.25) is 0 Å². The Labute approximate surface area is 137 Å². The molecule has 0 radical (unpaired) electrons. The first kappa shape index (κ1) is 17.1. The van der Waals surface area contributed by atoms with Crippen molar-refractivity contribution in [2.75, 3.05) is 19.6 Å². The van der Waals surface area contributed by atoms with Crippen LogP contribution in [0, 0.1) is 0 Å². The third-order valence-corrected chi connectivity index (χ3v) is 3.84. The fourth-order valence-corrected chi connectivity index (χ4v) is 2.50. The fraction of sp³-hybridized carbons (Fsp3) is 0.529. The van der Waals surface area contributed by atoms with Crippen LogP contribution in [0.25, 0.3) is 0 Å². The predicted octanol–water partition coefficient (Wildman–Crippen LogP) is 2.50. The second kappa shape index (κ2) is 9.02. The Morgan fingerprint density at radius 2 is 1.91 bits per heavy atom. The Kier molecular flexibility index (Phi) is 6.72. The van der Waals surface area contributed by atoms with E-state index in [1.54, 1.807) is 4.90 Å². The van der Waals surface area contributed by atoms with Crippen LogP contribution >= 0.6 is 0 Å². The molecule has 23 heavy (non-hydrogen) atoms. The van der Waals surface area contributed by atoms with Crippen LogP contribution in [0.15, 0.2) is 30.3 Å². The van der Waals surface area contributed by atoms with Gasteiger partial charge < -0.3 is 20.3 Å². The lowest BCUT2D eigenvalue weighted by Crippen LogP contribution is -2.49. The van der Waals surface area contributed by atoms with Gasteiger partial charge in [-0.25, -0.2) is 9.59 Å². The second-order valence-corrected chi connectivity index (χ2v) is 5.70. The van der Waals surface area contributed by atoms with Crippen molar-refractivity contribution in [2.45, 2.75) is 38.8 Å². The first-order chi connectivity index (χ1) is 11.2. The maximum atomic E-state index is 11.8. The minimum atomic E-state index is -0.400. The lowest BCUT2D eigenvalue weighted by atomic mass is 10.1. The zero-order valence-corrected chi connectivity index (χ0v) is 13.6. The van der Waals surface area contributed by atoms with Gasteiger partial charge in [-0.05, 0) is 24.8 Å². The van der Waals surface area contributed by atoms with E-state index in [2.05, 4.69) is 10.6 Å². The molecule has 1 heterocycles. The van der Waals surface area contributed by atoms with Crippen molar-refractivity contribution in [1.29, 1.82) is 0 Å². The maximum Gasteiger partial charge on any atom is 0.407 e. The molecule has 0 bridgehead atoms. The number of carbonyl (C=O) groups excluding carboxylic acids is 2. The number of benzene rings is 1. The molecule has 1 aromatic carbocycles. The monoisotopic (exact) mass is 319 g/mol. The number of rotatable bonds is 5. The Hall–Kier alpha value is -2.24. The lowest BCUT2D eigenvalue weighted by Gasteiger charge is -2.32. The number of urea groups is 1. The van der Waals surface area contributed by atoms with Gasteiger partial charge in [0.1, 0.15) is 6.61 Å². The van der Waals surface area contributed by atoms with E-state index >= 15 is 0 Å². The number of hydrogen-bond acceptors (Lipinski definition) is 3. The normalized spacial score (nSPS) is 15.1. The molecule has 0 aliphatic carbocycles. The van der Waals surface area contributed by atoms with Gasteiger partial charge in [-0.3, -0.25) is 0 Å². The van der Waals surface area contributed by atoms with Crippen LogP contribution in [0.4, 0.5) is 9.59 Å². The summed E-state index contributed by atoms with van der Waals surface area (Å²) in [6, 6.07) is 9.63. The molecule has 2 N–H and O–H groups in total. The molecule has 1 aromatic rings. The zero-order chi connectivity index (χ0) is 16.5. The third kappa shape index (κ3) is 5.81. The fourth-order valence-electron chi connectivity index (χ4n) is 2.50. The predicted molar refractivity (Wildman–Crippen MR) is 88.0 cm³/mol. The molecule has 0 aromatic heterocycles. The number of carbonyl (C=O) groups is 2. The summed E-state index contributed by atoms with van der Waals surface area (Å²) in [4.78, 5) is 25.5. The summed E-state index contributed by atoms with van der Waals surface area (Å²) < 4.78 is 5.22.